The molecular weight excluding hydrogens is 272 g/mol. The molecule has 21 heavy (non-hydrogen) atoms. The Morgan fingerprint density at radius 1 is 0.905 bits per heavy atom. The molecule has 0 saturated carbocycles. The molecule has 108 valence electrons. The number of hydrogen-bond acceptors (Lipinski definition) is 5. The molecule has 0 fully saturated rings. The summed E-state index contributed by atoms with van der Waals surface area (Å²) in [6.07, 6.45) is 0.739. The van der Waals surface area contributed by atoms with Crippen molar-refractivity contribution in [3.63, 3.8) is 0 Å². The van der Waals surface area contributed by atoms with Crippen molar-refractivity contribution in [3.8, 4) is 28.7 Å². The summed E-state index contributed by atoms with van der Waals surface area (Å²) in [5.41, 5.74) is 1.80. The third-order valence-electron chi connectivity index (χ3n) is 3.92. The second-order valence-corrected chi connectivity index (χ2v) is 5.27. The highest BCUT2D eigenvalue weighted by molar-refractivity contribution is 5.53. The molecule has 2 aromatic rings. The van der Waals surface area contributed by atoms with Crippen molar-refractivity contribution in [3.05, 3.63) is 41.5 Å². The molecule has 4 rings (SSSR count). The summed E-state index contributed by atoms with van der Waals surface area (Å²) in [6.45, 7) is 0.630. The van der Waals surface area contributed by atoms with Crippen LogP contribution < -0.4 is 14.2 Å². The van der Waals surface area contributed by atoms with Gasteiger partial charge in [-0.25, -0.2) is 0 Å². The quantitative estimate of drug-likeness (QED) is 0.843. The number of benzene rings is 2. The van der Waals surface area contributed by atoms with E-state index in [0.29, 0.717) is 23.9 Å². The van der Waals surface area contributed by atoms with Crippen molar-refractivity contribution < 1.29 is 24.4 Å². The summed E-state index contributed by atoms with van der Waals surface area (Å²) < 4.78 is 16.3. The number of phenolic OH excluding ortho intramolecular Hbond substituents is 2. The van der Waals surface area contributed by atoms with E-state index in [9.17, 15) is 10.2 Å². The topological polar surface area (TPSA) is 68.2 Å². The van der Waals surface area contributed by atoms with E-state index in [-0.39, 0.29) is 24.2 Å². The van der Waals surface area contributed by atoms with Crippen LogP contribution in [0.3, 0.4) is 0 Å². The SMILES string of the molecule is Oc1ccc2c(c1)OCC(c1cc3c(cc1O)OCO3)C2. The first-order chi connectivity index (χ1) is 10.2. The maximum atomic E-state index is 10.2. The fourth-order valence-corrected chi connectivity index (χ4v) is 2.83. The first-order valence-electron chi connectivity index (χ1n) is 6.78. The highest BCUT2D eigenvalue weighted by Gasteiger charge is 2.26. The lowest BCUT2D eigenvalue weighted by Gasteiger charge is -2.26. The Labute approximate surface area is 121 Å². The van der Waals surface area contributed by atoms with Gasteiger partial charge in [-0.05, 0) is 24.1 Å². The normalized spacial score (nSPS) is 19.0. The molecule has 0 bridgehead atoms. The Morgan fingerprint density at radius 2 is 1.71 bits per heavy atom. The molecule has 5 heteroatoms. The summed E-state index contributed by atoms with van der Waals surface area (Å²) in [5, 5.41) is 19.7. The molecule has 0 aromatic heterocycles. The van der Waals surface area contributed by atoms with Crippen LogP contribution in [0.5, 0.6) is 28.7 Å². The second kappa shape index (κ2) is 4.48. The second-order valence-electron chi connectivity index (χ2n) is 5.27. The van der Waals surface area contributed by atoms with Gasteiger partial charge in [-0.3, -0.25) is 0 Å². The number of fused-ring (bicyclic) bond motifs is 2. The van der Waals surface area contributed by atoms with E-state index < -0.39 is 0 Å². The third kappa shape index (κ3) is 2.01. The lowest BCUT2D eigenvalue weighted by atomic mass is 9.89. The molecule has 0 saturated heterocycles. The van der Waals surface area contributed by atoms with Crippen LogP contribution in [0.25, 0.3) is 0 Å². The van der Waals surface area contributed by atoms with Gasteiger partial charge < -0.3 is 24.4 Å². The van der Waals surface area contributed by atoms with Crippen molar-refractivity contribution in [2.24, 2.45) is 0 Å². The Kier molecular flexibility index (Phi) is 2.60. The minimum Gasteiger partial charge on any atom is -0.508 e. The van der Waals surface area contributed by atoms with E-state index in [0.717, 1.165) is 17.5 Å². The van der Waals surface area contributed by atoms with E-state index in [1.54, 1.807) is 18.2 Å². The lowest BCUT2D eigenvalue weighted by Crippen LogP contribution is -2.19. The van der Waals surface area contributed by atoms with Gasteiger partial charge in [0.15, 0.2) is 11.5 Å². The number of rotatable bonds is 1. The zero-order chi connectivity index (χ0) is 14.4. The molecule has 2 aliphatic heterocycles. The monoisotopic (exact) mass is 286 g/mol. The third-order valence-corrected chi connectivity index (χ3v) is 3.92. The van der Waals surface area contributed by atoms with Crippen molar-refractivity contribution in [2.75, 3.05) is 13.4 Å². The van der Waals surface area contributed by atoms with Gasteiger partial charge in [0.2, 0.25) is 6.79 Å². The minimum atomic E-state index is 0.0385. The van der Waals surface area contributed by atoms with Crippen LogP contribution >= 0.6 is 0 Å². The molecule has 0 amide bonds. The summed E-state index contributed by atoms with van der Waals surface area (Å²) in [4.78, 5) is 0. The predicted octanol–water partition coefficient (Wildman–Crippen LogP) is 2.55. The summed E-state index contributed by atoms with van der Waals surface area (Å²) in [6, 6.07) is 8.51. The molecule has 2 heterocycles. The lowest BCUT2D eigenvalue weighted by molar-refractivity contribution is 0.174. The fourth-order valence-electron chi connectivity index (χ4n) is 2.83. The summed E-state index contributed by atoms with van der Waals surface area (Å²) in [5.74, 6) is 2.34. The van der Waals surface area contributed by atoms with Gasteiger partial charge >= 0.3 is 0 Å². The van der Waals surface area contributed by atoms with E-state index in [4.69, 9.17) is 14.2 Å². The largest absolute Gasteiger partial charge is 0.508 e. The van der Waals surface area contributed by atoms with Crippen LogP contribution in [0.15, 0.2) is 30.3 Å². The van der Waals surface area contributed by atoms with Gasteiger partial charge in [-0.1, -0.05) is 6.07 Å². The Bertz CT molecular complexity index is 710. The Morgan fingerprint density at radius 3 is 2.57 bits per heavy atom. The van der Waals surface area contributed by atoms with E-state index >= 15 is 0 Å². The molecule has 0 spiro atoms. The molecule has 2 N–H and O–H groups in total. The maximum absolute atomic E-state index is 10.2. The molecule has 0 radical (unpaired) electrons. The average molecular weight is 286 g/mol. The Balaban J connectivity index is 1.68. The smallest absolute Gasteiger partial charge is 0.231 e. The first-order valence-corrected chi connectivity index (χ1v) is 6.78. The van der Waals surface area contributed by atoms with Gasteiger partial charge in [0.25, 0.3) is 0 Å². The Hall–Kier alpha value is -2.56. The van der Waals surface area contributed by atoms with E-state index in [2.05, 4.69) is 0 Å². The van der Waals surface area contributed by atoms with Crippen LogP contribution in [-0.4, -0.2) is 23.6 Å². The van der Waals surface area contributed by atoms with Crippen LogP contribution in [0.4, 0.5) is 0 Å². The molecule has 2 aliphatic rings. The molecule has 5 nitrogen and oxygen atoms in total. The minimum absolute atomic E-state index is 0.0385. The van der Waals surface area contributed by atoms with Crippen molar-refractivity contribution in [2.45, 2.75) is 12.3 Å². The highest BCUT2D eigenvalue weighted by atomic mass is 16.7. The van der Waals surface area contributed by atoms with Crippen LogP contribution in [0.1, 0.15) is 17.0 Å². The summed E-state index contributed by atoms with van der Waals surface area (Å²) >= 11 is 0. The van der Waals surface area contributed by atoms with Crippen molar-refractivity contribution >= 4 is 0 Å². The standard InChI is InChI=1S/C16H14O5/c17-11-2-1-9-3-10(7-19-14(9)4-11)12-5-15-16(6-13(12)18)21-8-20-15/h1-2,4-6,10,17-18H,3,7-8H2. The van der Waals surface area contributed by atoms with Gasteiger partial charge in [-0.15, -0.1) is 0 Å². The molecule has 2 aromatic carbocycles. The number of ether oxygens (including phenoxy) is 3. The zero-order valence-corrected chi connectivity index (χ0v) is 11.2. The van der Waals surface area contributed by atoms with Crippen molar-refractivity contribution in [1.82, 2.24) is 0 Å². The van der Waals surface area contributed by atoms with Gasteiger partial charge in [0, 0.05) is 23.6 Å². The predicted molar refractivity (Wildman–Crippen MR) is 74.3 cm³/mol. The van der Waals surface area contributed by atoms with Gasteiger partial charge in [-0.2, -0.15) is 0 Å². The fraction of sp³-hybridized carbons (Fsp3) is 0.250. The maximum Gasteiger partial charge on any atom is 0.231 e. The van der Waals surface area contributed by atoms with E-state index in [1.165, 1.54) is 0 Å². The van der Waals surface area contributed by atoms with E-state index in [1.807, 2.05) is 12.1 Å². The molecular formula is C16H14O5. The number of hydrogen-bond donors (Lipinski definition) is 2. The number of phenols is 2. The zero-order valence-electron chi connectivity index (χ0n) is 11.2. The van der Waals surface area contributed by atoms with Gasteiger partial charge in [0.1, 0.15) is 17.2 Å². The van der Waals surface area contributed by atoms with Crippen LogP contribution in [-0.2, 0) is 6.42 Å². The molecule has 1 atom stereocenters. The van der Waals surface area contributed by atoms with Crippen LogP contribution in [0.2, 0.25) is 0 Å². The highest BCUT2D eigenvalue weighted by Crippen LogP contribution is 2.43. The van der Waals surface area contributed by atoms with Crippen molar-refractivity contribution in [1.29, 1.82) is 0 Å². The van der Waals surface area contributed by atoms with Crippen LogP contribution in [0, 0.1) is 0 Å². The first kappa shape index (κ1) is 12.2. The molecule has 1 unspecified atom stereocenters. The number of aromatic hydroxyl groups is 2. The summed E-state index contributed by atoms with van der Waals surface area (Å²) in [7, 11) is 0. The van der Waals surface area contributed by atoms with Gasteiger partial charge in [0.05, 0.1) is 6.61 Å². The molecule has 0 aliphatic carbocycles. The average Bonchev–Trinajstić information content (AvgIpc) is 2.93.